The number of nitrogens with one attached hydrogen (secondary N) is 1. The highest BCUT2D eigenvalue weighted by Gasteiger charge is 2.21. The Morgan fingerprint density at radius 1 is 1.17 bits per heavy atom. The minimum atomic E-state index is -1.07. The largest absolute Gasteiger partial charge is 0.497 e. The van der Waals surface area contributed by atoms with Crippen LogP contribution in [0.4, 0.5) is 5.69 Å². The van der Waals surface area contributed by atoms with Crippen molar-refractivity contribution in [1.29, 1.82) is 0 Å². The van der Waals surface area contributed by atoms with Crippen LogP contribution in [-0.2, 0) is 11.2 Å². The number of carbonyl (C=O) groups excluding carboxylic acids is 1. The fourth-order valence-corrected chi connectivity index (χ4v) is 2.14. The van der Waals surface area contributed by atoms with Gasteiger partial charge in [0, 0.05) is 29.4 Å². The number of amides is 1. The number of furan rings is 1. The zero-order valence-electron chi connectivity index (χ0n) is 13.0. The van der Waals surface area contributed by atoms with E-state index in [2.05, 4.69) is 5.32 Å². The summed E-state index contributed by atoms with van der Waals surface area (Å²) in [4.78, 5) is 23.3. The van der Waals surface area contributed by atoms with E-state index in [-0.39, 0.29) is 17.7 Å². The molecule has 2 rings (SSSR count). The molecule has 0 unspecified atom stereocenters. The van der Waals surface area contributed by atoms with Gasteiger partial charge in [-0.1, -0.05) is 0 Å². The van der Waals surface area contributed by atoms with Gasteiger partial charge in [0.2, 0.25) is 0 Å². The summed E-state index contributed by atoms with van der Waals surface area (Å²) in [5, 5.41) is 11.6. The van der Waals surface area contributed by atoms with Gasteiger partial charge in [-0.05, 0) is 6.92 Å². The Hall–Kier alpha value is -2.96. The molecule has 0 aliphatic heterocycles. The molecule has 1 amide bonds. The van der Waals surface area contributed by atoms with Gasteiger partial charge in [-0.2, -0.15) is 0 Å². The van der Waals surface area contributed by atoms with E-state index in [0.29, 0.717) is 22.7 Å². The lowest BCUT2D eigenvalue weighted by molar-refractivity contribution is -0.136. The summed E-state index contributed by atoms with van der Waals surface area (Å²) in [6.07, 6.45) is 0.997. The van der Waals surface area contributed by atoms with E-state index in [9.17, 15) is 9.59 Å². The van der Waals surface area contributed by atoms with Crippen LogP contribution in [0.15, 0.2) is 28.9 Å². The fourth-order valence-electron chi connectivity index (χ4n) is 2.14. The minimum absolute atomic E-state index is 0.113. The van der Waals surface area contributed by atoms with Crippen LogP contribution in [0.5, 0.6) is 11.5 Å². The van der Waals surface area contributed by atoms with E-state index in [4.69, 9.17) is 19.0 Å². The zero-order valence-corrected chi connectivity index (χ0v) is 13.0. The second-order valence-corrected chi connectivity index (χ2v) is 4.84. The van der Waals surface area contributed by atoms with Crippen molar-refractivity contribution in [2.75, 3.05) is 19.5 Å². The number of carbonyl (C=O) groups is 2. The van der Waals surface area contributed by atoms with E-state index in [1.165, 1.54) is 20.5 Å². The van der Waals surface area contributed by atoms with Crippen molar-refractivity contribution in [3.05, 3.63) is 41.3 Å². The van der Waals surface area contributed by atoms with Crippen LogP contribution < -0.4 is 14.8 Å². The van der Waals surface area contributed by atoms with Crippen LogP contribution in [0, 0.1) is 6.92 Å². The molecule has 2 aromatic rings. The third-order valence-electron chi connectivity index (χ3n) is 3.20. The van der Waals surface area contributed by atoms with E-state index < -0.39 is 11.9 Å². The molecule has 1 aromatic heterocycles. The van der Waals surface area contributed by atoms with Crippen molar-refractivity contribution in [3.63, 3.8) is 0 Å². The van der Waals surface area contributed by atoms with Gasteiger partial charge in [-0.15, -0.1) is 0 Å². The summed E-state index contributed by atoms with van der Waals surface area (Å²) in [7, 11) is 3.01. The predicted octanol–water partition coefficient (Wildman–Crippen LogP) is 2.48. The zero-order chi connectivity index (χ0) is 17.0. The highest BCUT2D eigenvalue weighted by Crippen LogP contribution is 2.27. The van der Waals surface area contributed by atoms with Gasteiger partial charge < -0.3 is 24.3 Å². The molecule has 2 N–H and O–H groups in total. The van der Waals surface area contributed by atoms with Crippen molar-refractivity contribution in [3.8, 4) is 11.5 Å². The topological polar surface area (TPSA) is 98.0 Å². The first-order chi connectivity index (χ1) is 10.9. The number of carboxylic acid groups (broad SMARTS) is 1. The second kappa shape index (κ2) is 6.87. The molecule has 0 bridgehead atoms. The molecular weight excluding hydrogens is 302 g/mol. The molecule has 23 heavy (non-hydrogen) atoms. The molecule has 0 aliphatic carbocycles. The number of ether oxygens (including phenoxy) is 2. The highest BCUT2D eigenvalue weighted by atomic mass is 16.5. The Balaban J connectivity index is 2.29. The Morgan fingerprint density at radius 3 is 2.30 bits per heavy atom. The average Bonchev–Trinajstić information content (AvgIpc) is 2.86. The number of carboxylic acids is 1. The van der Waals surface area contributed by atoms with E-state index in [0.717, 1.165) is 0 Å². The molecule has 0 atom stereocenters. The van der Waals surface area contributed by atoms with Crippen molar-refractivity contribution < 1.29 is 28.6 Å². The first-order valence-corrected chi connectivity index (χ1v) is 6.77. The monoisotopic (exact) mass is 319 g/mol. The van der Waals surface area contributed by atoms with Crippen LogP contribution in [0.25, 0.3) is 0 Å². The Morgan fingerprint density at radius 2 is 1.78 bits per heavy atom. The number of anilines is 1. The average molecular weight is 319 g/mol. The second-order valence-electron chi connectivity index (χ2n) is 4.84. The molecule has 0 saturated heterocycles. The molecule has 7 nitrogen and oxygen atoms in total. The van der Waals surface area contributed by atoms with Crippen LogP contribution in [0.2, 0.25) is 0 Å². The summed E-state index contributed by atoms with van der Waals surface area (Å²) >= 11 is 0. The lowest BCUT2D eigenvalue weighted by atomic mass is 10.1. The number of aliphatic carboxylic acids is 1. The third-order valence-corrected chi connectivity index (χ3v) is 3.20. The molecule has 0 aliphatic rings. The normalized spacial score (nSPS) is 10.2. The number of benzene rings is 1. The van der Waals surface area contributed by atoms with Gasteiger partial charge >= 0.3 is 5.97 Å². The number of rotatable bonds is 6. The summed E-state index contributed by atoms with van der Waals surface area (Å²) in [6.45, 7) is 1.68. The van der Waals surface area contributed by atoms with E-state index in [1.807, 2.05) is 0 Å². The highest BCUT2D eigenvalue weighted by molar-refractivity contribution is 6.06. The number of hydrogen-bond donors (Lipinski definition) is 2. The molecule has 1 heterocycles. The predicted molar refractivity (Wildman–Crippen MR) is 82.3 cm³/mol. The fraction of sp³-hybridized carbons (Fsp3) is 0.250. The first kappa shape index (κ1) is 16.4. The summed E-state index contributed by atoms with van der Waals surface area (Å²) < 4.78 is 15.4. The number of aryl methyl sites for hydroxylation is 1. The summed E-state index contributed by atoms with van der Waals surface area (Å²) in [5.41, 5.74) is 1.25. The minimum Gasteiger partial charge on any atom is -0.497 e. The summed E-state index contributed by atoms with van der Waals surface area (Å²) in [6, 6.07) is 4.94. The lowest BCUT2D eigenvalue weighted by Gasteiger charge is -2.10. The van der Waals surface area contributed by atoms with Gasteiger partial charge in [0.25, 0.3) is 5.91 Å². The molecule has 1 aromatic carbocycles. The molecule has 122 valence electrons. The molecule has 0 saturated carbocycles. The van der Waals surface area contributed by atoms with Gasteiger partial charge in [-0.3, -0.25) is 9.59 Å². The Bertz CT molecular complexity index is 712. The molecule has 0 radical (unpaired) electrons. The lowest BCUT2D eigenvalue weighted by Crippen LogP contribution is -2.15. The SMILES string of the molecule is COc1cc(NC(=O)c2c(C)coc2CC(=O)O)cc(OC)c1. The Labute approximate surface area is 132 Å². The van der Waals surface area contributed by atoms with Crippen molar-refractivity contribution in [2.45, 2.75) is 13.3 Å². The van der Waals surface area contributed by atoms with Crippen LogP contribution in [-0.4, -0.2) is 31.2 Å². The number of methoxy groups -OCH3 is 2. The summed E-state index contributed by atoms with van der Waals surface area (Å²) in [5.74, 6) is -0.370. The molecule has 0 fully saturated rings. The van der Waals surface area contributed by atoms with E-state index >= 15 is 0 Å². The van der Waals surface area contributed by atoms with Gasteiger partial charge in [-0.25, -0.2) is 0 Å². The quantitative estimate of drug-likeness (QED) is 0.849. The van der Waals surface area contributed by atoms with Crippen LogP contribution in [0.3, 0.4) is 0 Å². The van der Waals surface area contributed by atoms with Crippen LogP contribution in [0.1, 0.15) is 21.7 Å². The van der Waals surface area contributed by atoms with Crippen molar-refractivity contribution in [2.24, 2.45) is 0 Å². The van der Waals surface area contributed by atoms with E-state index in [1.54, 1.807) is 25.1 Å². The Kier molecular flexibility index (Phi) is 4.90. The van der Waals surface area contributed by atoms with Crippen molar-refractivity contribution in [1.82, 2.24) is 0 Å². The molecule has 0 spiro atoms. The first-order valence-electron chi connectivity index (χ1n) is 6.77. The van der Waals surface area contributed by atoms with Crippen molar-refractivity contribution >= 4 is 17.6 Å². The molecular formula is C16H17NO6. The molecule has 7 heteroatoms. The number of hydrogen-bond acceptors (Lipinski definition) is 5. The maximum Gasteiger partial charge on any atom is 0.311 e. The van der Waals surface area contributed by atoms with Gasteiger partial charge in [0.15, 0.2) is 0 Å². The van der Waals surface area contributed by atoms with Gasteiger partial charge in [0.05, 0.1) is 26.0 Å². The smallest absolute Gasteiger partial charge is 0.311 e. The van der Waals surface area contributed by atoms with Crippen LogP contribution >= 0.6 is 0 Å². The maximum absolute atomic E-state index is 12.5. The van der Waals surface area contributed by atoms with Gasteiger partial charge in [0.1, 0.15) is 23.7 Å². The standard InChI is InChI=1S/C16H17NO6/c1-9-8-23-13(7-14(18)19)15(9)16(20)17-10-4-11(21-2)6-12(5-10)22-3/h4-6,8H,7H2,1-3H3,(H,17,20)(H,18,19). The third kappa shape index (κ3) is 3.82. The maximum atomic E-state index is 12.5.